The van der Waals surface area contributed by atoms with E-state index in [1.807, 2.05) is 0 Å². The average molecular weight is 425 g/mol. The first-order valence-electron chi connectivity index (χ1n) is 9.54. The Balaban J connectivity index is 1.60. The normalized spacial score (nSPS) is 25.3. The minimum absolute atomic E-state index is 0.0631. The number of hydrogen-bond acceptors (Lipinski definition) is 3. The Kier molecular flexibility index (Phi) is 5.21. The van der Waals surface area contributed by atoms with Crippen LogP contribution in [0, 0.1) is 0 Å². The lowest BCUT2D eigenvalue weighted by molar-refractivity contribution is -0.137. The van der Waals surface area contributed by atoms with Crippen molar-refractivity contribution in [3.63, 3.8) is 0 Å². The molecule has 0 radical (unpaired) electrons. The number of methoxy groups -OCH3 is 1. The van der Waals surface area contributed by atoms with Crippen molar-refractivity contribution in [2.75, 3.05) is 7.11 Å². The fraction of sp³-hybridized carbons (Fsp3) is 0.429. The number of alkyl halides is 3. The molecule has 29 heavy (non-hydrogen) atoms. The Bertz CT molecular complexity index is 975. The third-order valence-corrected chi connectivity index (χ3v) is 7.93. The highest BCUT2D eigenvalue weighted by Crippen LogP contribution is 2.41. The van der Waals surface area contributed by atoms with Gasteiger partial charge in [-0.25, -0.2) is 8.42 Å². The molecular weight excluding hydrogens is 403 g/mol. The second-order valence-electron chi connectivity index (χ2n) is 7.65. The van der Waals surface area contributed by atoms with Gasteiger partial charge in [-0.1, -0.05) is 24.3 Å². The number of ether oxygens (including phenoxy) is 1. The largest absolute Gasteiger partial charge is 0.416 e. The zero-order chi connectivity index (χ0) is 20.8. The Morgan fingerprint density at radius 1 is 0.966 bits per heavy atom. The first kappa shape index (κ1) is 20.4. The van der Waals surface area contributed by atoms with Crippen LogP contribution in [0.2, 0.25) is 0 Å². The van der Waals surface area contributed by atoms with Crippen LogP contribution in [-0.4, -0.2) is 38.0 Å². The van der Waals surface area contributed by atoms with Crippen molar-refractivity contribution in [2.45, 2.75) is 54.9 Å². The smallest absolute Gasteiger partial charge is 0.381 e. The molecule has 2 aromatic rings. The summed E-state index contributed by atoms with van der Waals surface area (Å²) in [5.41, 5.74) is 0.199. The van der Waals surface area contributed by atoms with Crippen molar-refractivity contribution < 1.29 is 26.3 Å². The molecule has 0 aliphatic carbocycles. The van der Waals surface area contributed by atoms with Crippen molar-refractivity contribution in [2.24, 2.45) is 0 Å². The monoisotopic (exact) mass is 425 g/mol. The summed E-state index contributed by atoms with van der Waals surface area (Å²) in [7, 11) is -2.01. The second kappa shape index (κ2) is 7.41. The van der Waals surface area contributed by atoms with Crippen LogP contribution in [-0.2, 0) is 20.9 Å². The number of fused-ring (bicyclic) bond motifs is 2. The van der Waals surface area contributed by atoms with Crippen molar-refractivity contribution in [3.8, 4) is 11.1 Å². The SMILES string of the molecule is COC1CC2CCC(C1)N2S(=O)(=O)c1ccc(-c2cccc(C(F)(F)F)c2)cc1. The Labute approximate surface area is 168 Å². The molecule has 0 spiro atoms. The summed E-state index contributed by atoms with van der Waals surface area (Å²) in [6.07, 6.45) is -1.31. The maximum absolute atomic E-state index is 13.2. The van der Waals surface area contributed by atoms with E-state index in [0.29, 0.717) is 24.0 Å². The Hall–Kier alpha value is -1.90. The lowest BCUT2D eigenvalue weighted by atomic mass is 10.0. The van der Waals surface area contributed by atoms with E-state index in [-0.39, 0.29) is 23.1 Å². The van der Waals surface area contributed by atoms with Gasteiger partial charge in [0.25, 0.3) is 0 Å². The van der Waals surface area contributed by atoms with Crippen molar-refractivity contribution in [3.05, 3.63) is 54.1 Å². The van der Waals surface area contributed by atoms with Gasteiger partial charge in [0.05, 0.1) is 16.6 Å². The second-order valence-corrected chi connectivity index (χ2v) is 9.50. The molecule has 0 N–H and O–H groups in total. The molecule has 0 saturated carbocycles. The predicted octanol–water partition coefficient (Wildman–Crippen LogP) is 4.70. The van der Waals surface area contributed by atoms with E-state index >= 15 is 0 Å². The molecular formula is C21H22F3NO3S. The quantitative estimate of drug-likeness (QED) is 0.713. The number of halogens is 3. The van der Waals surface area contributed by atoms with Gasteiger partial charge < -0.3 is 4.74 Å². The molecule has 2 saturated heterocycles. The fourth-order valence-electron chi connectivity index (χ4n) is 4.49. The summed E-state index contributed by atoms with van der Waals surface area (Å²) >= 11 is 0. The van der Waals surface area contributed by atoms with Gasteiger partial charge in [0.1, 0.15) is 0 Å². The highest BCUT2D eigenvalue weighted by molar-refractivity contribution is 7.89. The fourth-order valence-corrected chi connectivity index (χ4v) is 6.38. The minimum atomic E-state index is -4.42. The number of hydrogen-bond donors (Lipinski definition) is 0. The van der Waals surface area contributed by atoms with Gasteiger partial charge in [-0.3, -0.25) is 0 Å². The van der Waals surface area contributed by atoms with Crippen LogP contribution >= 0.6 is 0 Å². The van der Waals surface area contributed by atoms with E-state index in [2.05, 4.69) is 0 Å². The van der Waals surface area contributed by atoms with Gasteiger partial charge in [-0.2, -0.15) is 17.5 Å². The van der Waals surface area contributed by atoms with Gasteiger partial charge in [-0.15, -0.1) is 0 Å². The van der Waals surface area contributed by atoms with Crippen molar-refractivity contribution in [1.82, 2.24) is 4.31 Å². The lowest BCUT2D eigenvalue weighted by Gasteiger charge is -2.37. The zero-order valence-corrected chi connectivity index (χ0v) is 16.7. The summed E-state index contributed by atoms with van der Waals surface area (Å²) < 4.78 is 72.3. The first-order chi connectivity index (χ1) is 13.7. The molecule has 0 aromatic heterocycles. The van der Waals surface area contributed by atoms with Crippen LogP contribution in [0.25, 0.3) is 11.1 Å². The van der Waals surface area contributed by atoms with E-state index in [4.69, 9.17) is 4.74 Å². The van der Waals surface area contributed by atoms with Crippen LogP contribution in [0.15, 0.2) is 53.4 Å². The number of piperidine rings is 1. The molecule has 2 atom stereocenters. The summed E-state index contributed by atoms with van der Waals surface area (Å²) in [6, 6.07) is 11.0. The minimum Gasteiger partial charge on any atom is -0.381 e. The maximum atomic E-state index is 13.2. The molecule has 156 valence electrons. The summed E-state index contributed by atoms with van der Waals surface area (Å²) in [6.45, 7) is 0. The maximum Gasteiger partial charge on any atom is 0.416 e. The van der Waals surface area contributed by atoms with E-state index < -0.39 is 21.8 Å². The van der Waals surface area contributed by atoms with E-state index in [1.165, 1.54) is 18.2 Å². The van der Waals surface area contributed by atoms with Gasteiger partial charge >= 0.3 is 6.18 Å². The molecule has 2 aromatic carbocycles. The third-order valence-electron chi connectivity index (χ3n) is 5.91. The molecule has 2 heterocycles. The van der Waals surface area contributed by atoms with Crippen LogP contribution in [0.3, 0.4) is 0 Å². The van der Waals surface area contributed by atoms with E-state index in [1.54, 1.807) is 29.6 Å². The van der Waals surface area contributed by atoms with Crippen LogP contribution in [0.1, 0.15) is 31.2 Å². The molecule has 8 heteroatoms. The molecule has 4 rings (SSSR count). The molecule has 2 aliphatic heterocycles. The van der Waals surface area contributed by atoms with Gasteiger partial charge in [0.2, 0.25) is 10.0 Å². The lowest BCUT2D eigenvalue weighted by Crippen LogP contribution is -2.48. The number of nitrogens with zero attached hydrogens (tertiary/aromatic N) is 1. The van der Waals surface area contributed by atoms with Gasteiger partial charge in [0, 0.05) is 19.2 Å². The molecule has 2 fully saturated rings. The van der Waals surface area contributed by atoms with Gasteiger partial charge in [-0.05, 0) is 61.1 Å². The van der Waals surface area contributed by atoms with E-state index in [0.717, 1.165) is 25.0 Å². The van der Waals surface area contributed by atoms with E-state index in [9.17, 15) is 21.6 Å². The highest BCUT2D eigenvalue weighted by atomic mass is 32.2. The van der Waals surface area contributed by atoms with Crippen molar-refractivity contribution >= 4 is 10.0 Å². The first-order valence-corrected chi connectivity index (χ1v) is 11.0. The van der Waals surface area contributed by atoms with Crippen LogP contribution in [0.5, 0.6) is 0 Å². The van der Waals surface area contributed by atoms with Crippen LogP contribution in [0.4, 0.5) is 13.2 Å². The summed E-state index contributed by atoms with van der Waals surface area (Å²) in [5, 5.41) is 0. The van der Waals surface area contributed by atoms with Crippen molar-refractivity contribution in [1.29, 1.82) is 0 Å². The highest BCUT2D eigenvalue weighted by Gasteiger charge is 2.47. The molecule has 4 nitrogen and oxygen atoms in total. The average Bonchev–Trinajstić information content (AvgIpc) is 2.99. The summed E-state index contributed by atoms with van der Waals surface area (Å²) in [4.78, 5) is 0.168. The van der Waals surface area contributed by atoms with Crippen LogP contribution < -0.4 is 0 Å². The number of benzene rings is 2. The Morgan fingerprint density at radius 3 is 2.14 bits per heavy atom. The Morgan fingerprint density at radius 2 is 1.59 bits per heavy atom. The number of rotatable bonds is 4. The molecule has 0 amide bonds. The molecule has 2 bridgehead atoms. The van der Waals surface area contributed by atoms with Gasteiger partial charge in [0.15, 0.2) is 0 Å². The molecule has 2 unspecified atom stereocenters. The standard InChI is InChI=1S/C21H22F3NO3S/c1-28-19-12-17-7-8-18(13-19)25(17)29(26,27)20-9-5-14(6-10-20)15-3-2-4-16(11-15)21(22,23)24/h2-6,9-11,17-19H,7-8,12-13H2,1H3. The topological polar surface area (TPSA) is 46.6 Å². The summed E-state index contributed by atoms with van der Waals surface area (Å²) in [5.74, 6) is 0. The predicted molar refractivity (Wildman–Crippen MR) is 103 cm³/mol. The number of sulfonamides is 1. The third kappa shape index (κ3) is 3.81. The zero-order valence-electron chi connectivity index (χ0n) is 15.9. The molecule has 2 aliphatic rings.